The fourth-order valence-corrected chi connectivity index (χ4v) is 2.23. The molecule has 0 fully saturated rings. The van der Waals surface area contributed by atoms with Gasteiger partial charge in [0.25, 0.3) is 0 Å². The maximum Gasteiger partial charge on any atom is 0.245 e. The zero-order chi connectivity index (χ0) is 18.4. The van der Waals surface area contributed by atoms with Crippen molar-refractivity contribution in [1.82, 2.24) is 10.1 Å². The van der Waals surface area contributed by atoms with Gasteiger partial charge in [-0.1, -0.05) is 23.4 Å². The highest BCUT2D eigenvalue weighted by Gasteiger charge is 2.16. The molecule has 2 amide bonds. The lowest BCUT2D eigenvalue weighted by molar-refractivity contribution is -0.132. The van der Waals surface area contributed by atoms with Gasteiger partial charge in [0.1, 0.15) is 11.5 Å². The maximum atomic E-state index is 12.4. The average Bonchev–Trinajstić information content (AvgIpc) is 2.93. The van der Waals surface area contributed by atoms with E-state index in [1.165, 1.54) is 4.90 Å². The first-order valence-electron chi connectivity index (χ1n) is 8.07. The fourth-order valence-electron chi connectivity index (χ4n) is 2.23. The van der Waals surface area contributed by atoms with E-state index in [0.717, 1.165) is 5.56 Å². The van der Waals surface area contributed by atoms with Gasteiger partial charge in [-0.2, -0.15) is 0 Å². The number of carbonyl (C=O) groups excluding carboxylic acids is 2. The standard InChI is InChI=1S/C18H23N3O4/c1-12(2)24-15-8-6-5-7-14(15)10-18(23)21(4)11-17(22)19-16-9-13(3)25-20-16/h5-9,12H,10-11H2,1-4H3,(H,19,20,22). The number of ether oxygens (including phenoxy) is 1. The maximum absolute atomic E-state index is 12.4. The molecule has 1 aromatic carbocycles. The molecule has 0 unspecified atom stereocenters. The highest BCUT2D eigenvalue weighted by Crippen LogP contribution is 2.20. The van der Waals surface area contributed by atoms with Crippen LogP contribution in [-0.2, 0) is 16.0 Å². The molecule has 2 rings (SSSR count). The number of carbonyl (C=O) groups is 2. The fraction of sp³-hybridized carbons (Fsp3) is 0.389. The Labute approximate surface area is 146 Å². The molecule has 2 aromatic rings. The van der Waals surface area contributed by atoms with Gasteiger partial charge in [0, 0.05) is 18.7 Å². The highest BCUT2D eigenvalue weighted by atomic mass is 16.5. The van der Waals surface area contributed by atoms with Gasteiger partial charge in [-0.15, -0.1) is 0 Å². The molecule has 7 heteroatoms. The van der Waals surface area contributed by atoms with E-state index in [4.69, 9.17) is 9.26 Å². The number of anilines is 1. The third-order valence-corrected chi connectivity index (χ3v) is 3.38. The van der Waals surface area contributed by atoms with Gasteiger partial charge in [-0.25, -0.2) is 0 Å². The Bertz CT molecular complexity index is 739. The van der Waals surface area contributed by atoms with Crippen molar-refractivity contribution in [2.75, 3.05) is 18.9 Å². The molecule has 0 aliphatic rings. The summed E-state index contributed by atoms with van der Waals surface area (Å²) in [5.41, 5.74) is 0.792. The molecule has 1 N–H and O–H groups in total. The van der Waals surface area contributed by atoms with Crippen molar-refractivity contribution < 1.29 is 18.8 Å². The summed E-state index contributed by atoms with van der Waals surface area (Å²) >= 11 is 0. The zero-order valence-corrected chi connectivity index (χ0v) is 14.9. The van der Waals surface area contributed by atoms with E-state index in [1.807, 2.05) is 38.1 Å². The number of aryl methyl sites for hydroxylation is 1. The lowest BCUT2D eigenvalue weighted by Gasteiger charge is -2.18. The monoisotopic (exact) mass is 345 g/mol. The molecular formula is C18H23N3O4. The van der Waals surface area contributed by atoms with E-state index in [9.17, 15) is 9.59 Å². The topological polar surface area (TPSA) is 84.7 Å². The minimum atomic E-state index is -0.337. The Hall–Kier alpha value is -2.83. The van der Waals surface area contributed by atoms with Gasteiger partial charge in [0.15, 0.2) is 5.82 Å². The lowest BCUT2D eigenvalue weighted by Crippen LogP contribution is -2.36. The van der Waals surface area contributed by atoms with Crippen molar-refractivity contribution in [3.63, 3.8) is 0 Å². The van der Waals surface area contributed by atoms with Gasteiger partial charge in [-0.3, -0.25) is 9.59 Å². The van der Waals surface area contributed by atoms with Crippen LogP contribution < -0.4 is 10.1 Å². The molecule has 0 saturated carbocycles. The number of nitrogens with one attached hydrogen (secondary N) is 1. The van der Waals surface area contributed by atoms with Crippen molar-refractivity contribution in [3.05, 3.63) is 41.7 Å². The molecule has 0 bridgehead atoms. The van der Waals surface area contributed by atoms with Gasteiger partial charge >= 0.3 is 0 Å². The number of hydrogen-bond donors (Lipinski definition) is 1. The van der Waals surface area contributed by atoms with Crippen LogP contribution in [0.4, 0.5) is 5.82 Å². The van der Waals surface area contributed by atoms with E-state index in [0.29, 0.717) is 17.3 Å². The minimum Gasteiger partial charge on any atom is -0.491 e. The average molecular weight is 345 g/mol. The van der Waals surface area contributed by atoms with Crippen LogP contribution >= 0.6 is 0 Å². The van der Waals surface area contributed by atoms with Crippen molar-refractivity contribution >= 4 is 17.6 Å². The van der Waals surface area contributed by atoms with Gasteiger partial charge < -0.3 is 19.5 Å². The second-order valence-corrected chi connectivity index (χ2v) is 6.07. The summed E-state index contributed by atoms with van der Waals surface area (Å²) in [6, 6.07) is 9.02. The molecule has 25 heavy (non-hydrogen) atoms. The summed E-state index contributed by atoms with van der Waals surface area (Å²) in [6.07, 6.45) is 0.182. The number of rotatable bonds is 7. The molecule has 1 heterocycles. The number of benzene rings is 1. The summed E-state index contributed by atoms with van der Waals surface area (Å²) in [5, 5.41) is 6.28. The van der Waals surface area contributed by atoms with Crippen molar-refractivity contribution in [1.29, 1.82) is 0 Å². The summed E-state index contributed by atoms with van der Waals surface area (Å²) in [4.78, 5) is 25.8. The predicted octanol–water partition coefficient (Wildman–Crippen LogP) is 2.41. The van der Waals surface area contributed by atoms with Crippen molar-refractivity contribution in [2.45, 2.75) is 33.3 Å². The van der Waals surface area contributed by atoms with Crippen LogP contribution in [0.25, 0.3) is 0 Å². The van der Waals surface area contributed by atoms with Gasteiger partial charge in [0.05, 0.1) is 19.1 Å². The van der Waals surface area contributed by atoms with Crippen LogP contribution in [-0.4, -0.2) is 41.6 Å². The number of amides is 2. The second-order valence-electron chi connectivity index (χ2n) is 6.07. The Morgan fingerprint density at radius 2 is 2.04 bits per heavy atom. The Morgan fingerprint density at radius 3 is 2.68 bits per heavy atom. The van der Waals surface area contributed by atoms with Crippen LogP contribution in [0.3, 0.4) is 0 Å². The van der Waals surface area contributed by atoms with Crippen LogP contribution in [0, 0.1) is 6.92 Å². The number of para-hydroxylation sites is 1. The summed E-state index contributed by atoms with van der Waals surface area (Å²) in [7, 11) is 1.59. The summed E-state index contributed by atoms with van der Waals surface area (Å²) in [5.74, 6) is 1.10. The SMILES string of the molecule is Cc1cc(NC(=O)CN(C)C(=O)Cc2ccccc2OC(C)C)no1. The Balaban J connectivity index is 1.93. The van der Waals surface area contributed by atoms with Gasteiger partial charge in [-0.05, 0) is 26.8 Å². The van der Waals surface area contributed by atoms with Crippen molar-refractivity contribution in [3.8, 4) is 5.75 Å². The molecule has 0 aliphatic carbocycles. The molecule has 0 aliphatic heterocycles. The molecule has 7 nitrogen and oxygen atoms in total. The zero-order valence-electron chi connectivity index (χ0n) is 14.9. The third-order valence-electron chi connectivity index (χ3n) is 3.38. The molecule has 134 valence electrons. The Kier molecular flexibility index (Phi) is 6.16. The highest BCUT2D eigenvalue weighted by molar-refractivity contribution is 5.94. The van der Waals surface area contributed by atoms with Gasteiger partial charge in [0.2, 0.25) is 11.8 Å². The Morgan fingerprint density at radius 1 is 1.32 bits per heavy atom. The summed E-state index contributed by atoms with van der Waals surface area (Å²) in [6.45, 7) is 5.52. The molecule has 0 spiro atoms. The third kappa shape index (κ3) is 5.63. The van der Waals surface area contributed by atoms with Crippen LogP contribution in [0.15, 0.2) is 34.9 Å². The predicted molar refractivity (Wildman–Crippen MR) is 93.4 cm³/mol. The molecule has 1 aromatic heterocycles. The first kappa shape index (κ1) is 18.5. The van der Waals surface area contributed by atoms with Crippen molar-refractivity contribution in [2.24, 2.45) is 0 Å². The van der Waals surface area contributed by atoms with Crippen LogP contribution in [0.2, 0.25) is 0 Å². The lowest BCUT2D eigenvalue weighted by atomic mass is 10.1. The number of hydrogen-bond acceptors (Lipinski definition) is 5. The van der Waals surface area contributed by atoms with Crippen LogP contribution in [0.1, 0.15) is 25.2 Å². The van der Waals surface area contributed by atoms with E-state index < -0.39 is 0 Å². The molecular weight excluding hydrogens is 322 g/mol. The second kappa shape index (κ2) is 8.32. The van der Waals surface area contributed by atoms with E-state index in [-0.39, 0.29) is 30.9 Å². The number of nitrogens with zero attached hydrogens (tertiary/aromatic N) is 2. The van der Waals surface area contributed by atoms with Crippen LogP contribution in [0.5, 0.6) is 5.75 Å². The first-order valence-corrected chi connectivity index (χ1v) is 8.07. The molecule has 0 atom stereocenters. The number of aromatic nitrogens is 1. The smallest absolute Gasteiger partial charge is 0.245 e. The largest absolute Gasteiger partial charge is 0.491 e. The van der Waals surface area contributed by atoms with E-state index in [2.05, 4.69) is 10.5 Å². The molecule has 0 saturated heterocycles. The van der Waals surface area contributed by atoms with E-state index >= 15 is 0 Å². The number of likely N-dealkylation sites (N-methyl/N-ethyl adjacent to an activating group) is 1. The first-order chi connectivity index (χ1) is 11.8. The quantitative estimate of drug-likeness (QED) is 0.833. The normalized spacial score (nSPS) is 10.6. The minimum absolute atomic E-state index is 0.0191. The molecule has 0 radical (unpaired) electrons. The summed E-state index contributed by atoms with van der Waals surface area (Å²) < 4.78 is 10.6. The van der Waals surface area contributed by atoms with E-state index in [1.54, 1.807) is 20.0 Å².